The summed E-state index contributed by atoms with van der Waals surface area (Å²) in [5.74, 6) is -0.163. The van der Waals surface area contributed by atoms with E-state index in [1.165, 1.54) is 0 Å². The number of amides is 1. The summed E-state index contributed by atoms with van der Waals surface area (Å²) in [4.78, 5) is 16.7. The number of benzene rings is 2. The minimum Gasteiger partial charge on any atom is -0.326 e. The van der Waals surface area contributed by atoms with E-state index < -0.39 is 0 Å². The number of aromatic nitrogens is 1. The van der Waals surface area contributed by atoms with Crippen LogP contribution in [0.2, 0.25) is 0 Å². The number of anilines is 1. The highest BCUT2D eigenvalue weighted by Gasteiger charge is 2.09. The lowest BCUT2D eigenvalue weighted by Gasteiger charge is -2.08. The number of fused-ring (bicyclic) bond motifs is 1. The van der Waals surface area contributed by atoms with Gasteiger partial charge < -0.3 is 11.1 Å². The molecular formula is C17H15N3O. The molecule has 1 heterocycles. The molecule has 0 bridgehead atoms. The van der Waals surface area contributed by atoms with Crippen molar-refractivity contribution in [3.63, 3.8) is 0 Å². The van der Waals surface area contributed by atoms with E-state index in [0.29, 0.717) is 17.8 Å². The number of hydrogen-bond acceptors (Lipinski definition) is 3. The molecule has 0 aliphatic rings. The van der Waals surface area contributed by atoms with Crippen LogP contribution in [-0.2, 0) is 6.54 Å². The van der Waals surface area contributed by atoms with E-state index in [4.69, 9.17) is 5.73 Å². The van der Waals surface area contributed by atoms with Gasteiger partial charge in [0.25, 0.3) is 5.91 Å². The van der Waals surface area contributed by atoms with Gasteiger partial charge in [0, 0.05) is 23.7 Å². The molecule has 0 spiro atoms. The quantitative estimate of drug-likeness (QED) is 0.773. The first-order valence-corrected chi connectivity index (χ1v) is 6.72. The van der Waals surface area contributed by atoms with Crippen molar-refractivity contribution in [1.82, 2.24) is 4.98 Å². The molecule has 0 unspecified atom stereocenters. The van der Waals surface area contributed by atoms with Crippen LogP contribution in [0.4, 0.5) is 5.69 Å². The lowest BCUT2D eigenvalue weighted by atomic mass is 10.1. The Morgan fingerprint density at radius 1 is 1.10 bits per heavy atom. The van der Waals surface area contributed by atoms with Crippen molar-refractivity contribution in [3.8, 4) is 0 Å². The third kappa shape index (κ3) is 2.75. The molecule has 104 valence electrons. The second-order valence-corrected chi connectivity index (χ2v) is 4.74. The van der Waals surface area contributed by atoms with Crippen LogP contribution in [0.5, 0.6) is 0 Å². The van der Waals surface area contributed by atoms with Gasteiger partial charge in [0.15, 0.2) is 0 Å². The lowest BCUT2D eigenvalue weighted by molar-refractivity contribution is 0.102. The number of carbonyl (C=O) groups excluding carboxylic acids is 1. The van der Waals surface area contributed by atoms with Crippen LogP contribution in [0.15, 0.2) is 60.8 Å². The zero-order chi connectivity index (χ0) is 14.7. The Kier molecular flexibility index (Phi) is 3.62. The summed E-state index contributed by atoms with van der Waals surface area (Å²) in [6.45, 7) is 0.414. The van der Waals surface area contributed by atoms with Crippen molar-refractivity contribution < 1.29 is 4.79 Å². The third-order valence-corrected chi connectivity index (χ3v) is 3.31. The monoisotopic (exact) mass is 277 g/mol. The van der Waals surface area contributed by atoms with E-state index in [-0.39, 0.29) is 5.91 Å². The highest BCUT2D eigenvalue weighted by Crippen LogP contribution is 2.21. The summed E-state index contributed by atoms with van der Waals surface area (Å²) in [6, 6.07) is 16.9. The van der Waals surface area contributed by atoms with Gasteiger partial charge in [0.2, 0.25) is 0 Å². The van der Waals surface area contributed by atoms with Crippen LogP contribution in [0, 0.1) is 0 Å². The molecule has 0 atom stereocenters. The second kappa shape index (κ2) is 5.73. The first-order chi connectivity index (χ1) is 10.3. The average molecular weight is 277 g/mol. The fraction of sp³-hybridized carbons (Fsp3) is 0.0588. The van der Waals surface area contributed by atoms with Crippen molar-refractivity contribution in [1.29, 1.82) is 0 Å². The number of carbonyl (C=O) groups is 1. The highest BCUT2D eigenvalue weighted by atomic mass is 16.1. The number of hydrogen-bond donors (Lipinski definition) is 2. The van der Waals surface area contributed by atoms with Gasteiger partial charge in [0.1, 0.15) is 0 Å². The number of rotatable bonds is 3. The predicted molar refractivity (Wildman–Crippen MR) is 84.0 cm³/mol. The fourth-order valence-electron chi connectivity index (χ4n) is 2.24. The molecule has 4 heteroatoms. The molecule has 2 aromatic carbocycles. The maximum atomic E-state index is 12.3. The van der Waals surface area contributed by atoms with Crippen molar-refractivity contribution in [3.05, 3.63) is 71.9 Å². The molecule has 21 heavy (non-hydrogen) atoms. The molecule has 1 aromatic heterocycles. The maximum Gasteiger partial charge on any atom is 0.255 e. The summed E-state index contributed by atoms with van der Waals surface area (Å²) in [5, 5.41) is 3.90. The summed E-state index contributed by atoms with van der Waals surface area (Å²) >= 11 is 0. The summed E-state index contributed by atoms with van der Waals surface area (Å²) in [7, 11) is 0. The van der Waals surface area contributed by atoms with E-state index in [9.17, 15) is 4.79 Å². The standard InChI is InChI=1S/C17H15N3O/c18-11-12-4-1-6-14(10-12)17(21)20-15-8-2-5-13-7-3-9-19-16(13)15/h1-10H,11,18H2,(H,20,21). The fourth-order valence-corrected chi connectivity index (χ4v) is 2.24. The number of pyridine rings is 1. The Labute approximate surface area is 122 Å². The van der Waals surface area contributed by atoms with E-state index in [1.807, 2.05) is 42.5 Å². The summed E-state index contributed by atoms with van der Waals surface area (Å²) < 4.78 is 0. The van der Waals surface area contributed by atoms with Crippen LogP contribution in [0.25, 0.3) is 10.9 Å². The normalized spacial score (nSPS) is 10.5. The predicted octanol–water partition coefficient (Wildman–Crippen LogP) is 2.95. The Morgan fingerprint density at radius 2 is 1.90 bits per heavy atom. The molecule has 0 aliphatic carbocycles. The van der Waals surface area contributed by atoms with Crippen LogP contribution in [0.3, 0.4) is 0 Å². The Morgan fingerprint density at radius 3 is 2.76 bits per heavy atom. The van der Waals surface area contributed by atoms with Gasteiger partial charge in [-0.05, 0) is 29.8 Å². The first kappa shape index (κ1) is 13.3. The van der Waals surface area contributed by atoms with Crippen LogP contribution < -0.4 is 11.1 Å². The van der Waals surface area contributed by atoms with Crippen LogP contribution >= 0.6 is 0 Å². The second-order valence-electron chi connectivity index (χ2n) is 4.74. The Hall–Kier alpha value is -2.72. The van der Waals surface area contributed by atoms with E-state index >= 15 is 0 Å². The van der Waals surface area contributed by atoms with Gasteiger partial charge in [-0.2, -0.15) is 0 Å². The molecular weight excluding hydrogens is 262 g/mol. The molecule has 4 nitrogen and oxygen atoms in total. The minimum absolute atomic E-state index is 0.163. The van der Waals surface area contributed by atoms with Crippen molar-refractivity contribution in [2.24, 2.45) is 5.73 Å². The molecule has 0 aliphatic heterocycles. The number of nitrogens with one attached hydrogen (secondary N) is 1. The minimum atomic E-state index is -0.163. The van der Waals surface area contributed by atoms with Crippen LogP contribution in [0.1, 0.15) is 15.9 Å². The van der Waals surface area contributed by atoms with E-state index in [1.54, 1.807) is 18.3 Å². The Bertz CT molecular complexity index is 793. The van der Waals surface area contributed by atoms with Crippen molar-refractivity contribution in [2.75, 3.05) is 5.32 Å². The first-order valence-electron chi connectivity index (χ1n) is 6.72. The molecule has 0 saturated carbocycles. The SMILES string of the molecule is NCc1cccc(C(=O)Nc2cccc3cccnc23)c1. The van der Waals surface area contributed by atoms with E-state index in [2.05, 4.69) is 10.3 Å². The summed E-state index contributed by atoms with van der Waals surface area (Å²) in [6.07, 6.45) is 1.72. The zero-order valence-corrected chi connectivity index (χ0v) is 11.4. The molecule has 1 amide bonds. The third-order valence-electron chi connectivity index (χ3n) is 3.31. The largest absolute Gasteiger partial charge is 0.326 e. The van der Waals surface area contributed by atoms with Crippen LogP contribution in [-0.4, -0.2) is 10.9 Å². The van der Waals surface area contributed by atoms with Gasteiger partial charge in [-0.3, -0.25) is 9.78 Å². The number of nitrogens with zero attached hydrogens (tertiary/aromatic N) is 1. The summed E-state index contributed by atoms with van der Waals surface area (Å²) in [5.41, 5.74) is 8.61. The molecule has 0 saturated heterocycles. The van der Waals surface area contributed by atoms with Gasteiger partial charge in [-0.25, -0.2) is 0 Å². The molecule has 3 N–H and O–H groups in total. The van der Waals surface area contributed by atoms with Gasteiger partial charge >= 0.3 is 0 Å². The van der Waals surface area contributed by atoms with Gasteiger partial charge in [-0.15, -0.1) is 0 Å². The van der Waals surface area contributed by atoms with Crippen molar-refractivity contribution in [2.45, 2.75) is 6.54 Å². The van der Waals surface area contributed by atoms with Gasteiger partial charge in [0.05, 0.1) is 11.2 Å². The number of para-hydroxylation sites is 1. The smallest absolute Gasteiger partial charge is 0.255 e. The van der Waals surface area contributed by atoms with Crippen molar-refractivity contribution >= 4 is 22.5 Å². The molecule has 3 aromatic rings. The highest BCUT2D eigenvalue weighted by molar-refractivity contribution is 6.08. The molecule has 0 radical (unpaired) electrons. The Balaban J connectivity index is 1.93. The lowest BCUT2D eigenvalue weighted by Crippen LogP contribution is -2.13. The average Bonchev–Trinajstić information content (AvgIpc) is 2.55. The van der Waals surface area contributed by atoms with Gasteiger partial charge in [-0.1, -0.05) is 30.3 Å². The number of nitrogens with two attached hydrogens (primary N) is 1. The molecule has 3 rings (SSSR count). The van der Waals surface area contributed by atoms with E-state index in [0.717, 1.165) is 16.5 Å². The zero-order valence-electron chi connectivity index (χ0n) is 11.4. The topological polar surface area (TPSA) is 68.0 Å². The molecule has 0 fully saturated rings. The maximum absolute atomic E-state index is 12.3.